The molecule has 0 spiro atoms. The average molecular weight is 368 g/mol. The molecule has 0 radical (unpaired) electrons. The second kappa shape index (κ2) is 7.71. The first-order valence-corrected chi connectivity index (χ1v) is 10.1. The van der Waals surface area contributed by atoms with Gasteiger partial charge in [-0.15, -0.1) is 0 Å². The van der Waals surface area contributed by atoms with Gasteiger partial charge in [0, 0.05) is 32.0 Å². The zero-order valence-corrected chi connectivity index (χ0v) is 16.0. The van der Waals surface area contributed by atoms with Crippen molar-refractivity contribution in [3.8, 4) is 0 Å². The number of imidazole rings is 1. The number of likely N-dealkylation sites (tertiary alicyclic amines) is 1. The highest BCUT2D eigenvalue weighted by Gasteiger charge is 2.31. The standard InChI is InChI=1S/C21H28N4O2/c1-24-18-9-5-4-8-17(18)23-19(24)14-22-20(26)15-10-12-25(13-11-15)21(27)16-6-2-3-7-16/h4-5,8-9,15-16H,2-3,6-7,10-14H2,1H3,(H,22,26). The van der Waals surface area contributed by atoms with Crippen LogP contribution in [-0.2, 0) is 23.2 Å². The van der Waals surface area contributed by atoms with E-state index in [1.54, 1.807) is 0 Å². The van der Waals surface area contributed by atoms with Crippen LogP contribution in [0.2, 0.25) is 0 Å². The van der Waals surface area contributed by atoms with Crippen molar-refractivity contribution < 1.29 is 9.59 Å². The number of fused-ring (bicyclic) bond motifs is 1. The molecule has 0 atom stereocenters. The number of benzene rings is 1. The zero-order valence-electron chi connectivity index (χ0n) is 16.0. The molecule has 2 aliphatic rings. The van der Waals surface area contributed by atoms with E-state index in [1.807, 2.05) is 40.8 Å². The molecule has 1 saturated carbocycles. The van der Waals surface area contributed by atoms with E-state index >= 15 is 0 Å². The molecule has 2 heterocycles. The van der Waals surface area contributed by atoms with Crippen molar-refractivity contribution in [1.29, 1.82) is 0 Å². The number of piperidine rings is 1. The Labute approximate surface area is 159 Å². The number of amides is 2. The minimum atomic E-state index is -0.00712. The smallest absolute Gasteiger partial charge is 0.225 e. The van der Waals surface area contributed by atoms with Crippen molar-refractivity contribution in [1.82, 2.24) is 19.8 Å². The molecular weight excluding hydrogens is 340 g/mol. The van der Waals surface area contributed by atoms with Crippen LogP contribution in [0.1, 0.15) is 44.3 Å². The molecule has 1 N–H and O–H groups in total. The van der Waals surface area contributed by atoms with Gasteiger partial charge in [-0.25, -0.2) is 4.98 Å². The van der Waals surface area contributed by atoms with Gasteiger partial charge in [0.25, 0.3) is 0 Å². The van der Waals surface area contributed by atoms with E-state index in [-0.39, 0.29) is 17.7 Å². The first-order chi connectivity index (χ1) is 13.1. The molecule has 27 heavy (non-hydrogen) atoms. The molecule has 2 aromatic rings. The number of aryl methyl sites for hydroxylation is 1. The third-order valence-electron chi connectivity index (χ3n) is 6.18. The second-order valence-corrected chi connectivity index (χ2v) is 7.87. The largest absolute Gasteiger partial charge is 0.349 e. The summed E-state index contributed by atoms with van der Waals surface area (Å²) in [4.78, 5) is 31.7. The summed E-state index contributed by atoms with van der Waals surface area (Å²) >= 11 is 0. The maximum atomic E-state index is 12.6. The molecule has 0 unspecified atom stereocenters. The lowest BCUT2D eigenvalue weighted by Gasteiger charge is -2.33. The van der Waals surface area contributed by atoms with Crippen molar-refractivity contribution >= 4 is 22.8 Å². The Morgan fingerprint density at radius 3 is 2.48 bits per heavy atom. The second-order valence-electron chi connectivity index (χ2n) is 7.87. The summed E-state index contributed by atoms with van der Waals surface area (Å²) in [6.45, 7) is 1.85. The van der Waals surface area contributed by atoms with Gasteiger partial charge in [0.1, 0.15) is 5.82 Å². The maximum Gasteiger partial charge on any atom is 0.225 e. The molecule has 1 aromatic carbocycles. The van der Waals surface area contributed by atoms with Crippen molar-refractivity contribution in [2.24, 2.45) is 18.9 Å². The summed E-state index contributed by atoms with van der Waals surface area (Å²) in [5, 5.41) is 3.04. The summed E-state index contributed by atoms with van der Waals surface area (Å²) < 4.78 is 2.03. The van der Waals surface area contributed by atoms with E-state index in [2.05, 4.69) is 10.3 Å². The number of carbonyl (C=O) groups excluding carboxylic acids is 2. The predicted molar refractivity (Wildman–Crippen MR) is 104 cm³/mol. The quantitative estimate of drug-likeness (QED) is 0.902. The third-order valence-corrected chi connectivity index (χ3v) is 6.18. The molecule has 4 rings (SSSR count). The van der Waals surface area contributed by atoms with Gasteiger partial charge >= 0.3 is 0 Å². The van der Waals surface area contributed by atoms with Crippen LogP contribution in [0.5, 0.6) is 0 Å². The number of nitrogens with one attached hydrogen (secondary N) is 1. The van der Waals surface area contributed by atoms with E-state index in [0.29, 0.717) is 25.5 Å². The molecule has 1 aliphatic heterocycles. The Kier molecular flexibility index (Phi) is 5.14. The third kappa shape index (κ3) is 3.70. The van der Waals surface area contributed by atoms with E-state index in [4.69, 9.17) is 0 Å². The Morgan fingerprint density at radius 2 is 1.78 bits per heavy atom. The summed E-state index contributed by atoms with van der Waals surface area (Å²) in [6.07, 6.45) is 5.95. The first-order valence-electron chi connectivity index (χ1n) is 10.1. The van der Waals surface area contributed by atoms with Gasteiger partial charge in [0.15, 0.2) is 0 Å². The van der Waals surface area contributed by atoms with Crippen LogP contribution in [0.15, 0.2) is 24.3 Å². The molecule has 144 valence electrons. The van der Waals surface area contributed by atoms with Crippen LogP contribution in [0.25, 0.3) is 11.0 Å². The molecular formula is C21H28N4O2. The monoisotopic (exact) mass is 368 g/mol. The molecule has 1 saturated heterocycles. The number of carbonyl (C=O) groups is 2. The topological polar surface area (TPSA) is 67.2 Å². The number of nitrogens with zero attached hydrogens (tertiary/aromatic N) is 3. The highest BCUT2D eigenvalue weighted by atomic mass is 16.2. The van der Waals surface area contributed by atoms with Gasteiger partial charge < -0.3 is 14.8 Å². The van der Waals surface area contributed by atoms with Gasteiger partial charge in [-0.1, -0.05) is 25.0 Å². The van der Waals surface area contributed by atoms with E-state index < -0.39 is 0 Å². The molecule has 1 aromatic heterocycles. The summed E-state index contributed by atoms with van der Waals surface area (Å²) in [7, 11) is 1.98. The Bertz CT molecular complexity index is 830. The fraction of sp³-hybridized carbons (Fsp3) is 0.571. The summed E-state index contributed by atoms with van der Waals surface area (Å²) in [5.41, 5.74) is 2.02. The van der Waals surface area contributed by atoms with E-state index in [9.17, 15) is 9.59 Å². The molecule has 2 amide bonds. The number of hydrogen-bond donors (Lipinski definition) is 1. The highest BCUT2D eigenvalue weighted by Crippen LogP contribution is 2.28. The minimum absolute atomic E-state index is 0.00712. The Balaban J connectivity index is 1.29. The normalized spacial score (nSPS) is 18.9. The lowest BCUT2D eigenvalue weighted by molar-refractivity contribution is -0.139. The fourth-order valence-electron chi connectivity index (χ4n) is 4.46. The van der Waals surface area contributed by atoms with Crippen LogP contribution in [0.3, 0.4) is 0 Å². The predicted octanol–water partition coefficient (Wildman–Crippen LogP) is 2.62. The Morgan fingerprint density at radius 1 is 1.07 bits per heavy atom. The van der Waals surface area contributed by atoms with Crippen molar-refractivity contribution in [2.75, 3.05) is 13.1 Å². The van der Waals surface area contributed by atoms with Gasteiger partial charge in [0.05, 0.1) is 17.6 Å². The van der Waals surface area contributed by atoms with E-state index in [0.717, 1.165) is 42.5 Å². The lowest BCUT2D eigenvalue weighted by atomic mass is 9.94. The van der Waals surface area contributed by atoms with Crippen LogP contribution in [0, 0.1) is 11.8 Å². The van der Waals surface area contributed by atoms with Gasteiger partial charge in [0.2, 0.25) is 11.8 Å². The minimum Gasteiger partial charge on any atom is -0.349 e. The maximum absolute atomic E-state index is 12.6. The van der Waals surface area contributed by atoms with Crippen molar-refractivity contribution in [3.63, 3.8) is 0 Å². The molecule has 2 fully saturated rings. The number of para-hydroxylation sites is 2. The van der Waals surface area contributed by atoms with Gasteiger partial charge in [-0.05, 0) is 37.8 Å². The number of rotatable bonds is 4. The highest BCUT2D eigenvalue weighted by molar-refractivity contribution is 5.81. The van der Waals surface area contributed by atoms with Crippen LogP contribution in [0.4, 0.5) is 0 Å². The van der Waals surface area contributed by atoms with Crippen LogP contribution in [-0.4, -0.2) is 39.4 Å². The lowest BCUT2D eigenvalue weighted by Crippen LogP contribution is -2.44. The molecule has 0 bridgehead atoms. The van der Waals surface area contributed by atoms with Gasteiger partial charge in [-0.2, -0.15) is 0 Å². The fourth-order valence-corrected chi connectivity index (χ4v) is 4.46. The summed E-state index contributed by atoms with van der Waals surface area (Å²) in [6, 6.07) is 7.98. The molecule has 6 nitrogen and oxygen atoms in total. The Hall–Kier alpha value is -2.37. The number of aromatic nitrogens is 2. The molecule has 1 aliphatic carbocycles. The average Bonchev–Trinajstić information content (AvgIpc) is 3.35. The zero-order chi connectivity index (χ0) is 18.8. The van der Waals surface area contributed by atoms with Crippen molar-refractivity contribution in [2.45, 2.75) is 45.1 Å². The first kappa shape index (κ1) is 18.0. The SMILES string of the molecule is Cn1c(CNC(=O)C2CCN(C(=O)C3CCCC3)CC2)nc2ccccc21. The van der Waals surface area contributed by atoms with Crippen LogP contribution >= 0.6 is 0 Å². The van der Waals surface area contributed by atoms with Crippen LogP contribution < -0.4 is 5.32 Å². The van der Waals surface area contributed by atoms with Gasteiger partial charge in [-0.3, -0.25) is 9.59 Å². The number of hydrogen-bond acceptors (Lipinski definition) is 3. The summed E-state index contributed by atoms with van der Waals surface area (Å²) in [5.74, 6) is 1.47. The van der Waals surface area contributed by atoms with E-state index in [1.165, 1.54) is 12.8 Å². The van der Waals surface area contributed by atoms with Crippen molar-refractivity contribution in [3.05, 3.63) is 30.1 Å². The molecule has 6 heteroatoms.